The number of thiocarbonyl (C=S) groups is 1. The molecule has 9 heteroatoms. The molecule has 3 aromatic rings. The minimum atomic E-state index is -1.12. The number of amides is 1. The van der Waals surface area contributed by atoms with E-state index in [1.807, 2.05) is 60.8 Å². The summed E-state index contributed by atoms with van der Waals surface area (Å²) in [6.07, 6.45) is 3.56. The second-order valence-electron chi connectivity index (χ2n) is 8.10. The third-order valence-corrected chi connectivity index (χ3v) is 6.31. The zero-order chi connectivity index (χ0) is 24.2. The molecule has 0 saturated carbocycles. The predicted octanol–water partition coefficient (Wildman–Crippen LogP) is 4.86. The van der Waals surface area contributed by atoms with Gasteiger partial charge in [-0.05, 0) is 48.4 Å². The van der Waals surface area contributed by atoms with Crippen LogP contribution in [-0.4, -0.2) is 49.1 Å². The van der Waals surface area contributed by atoms with Gasteiger partial charge in [-0.2, -0.15) is 5.10 Å². The number of benzene rings is 2. The van der Waals surface area contributed by atoms with Crippen molar-refractivity contribution in [2.75, 3.05) is 13.2 Å². The van der Waals surface area contributed by atoms with Gasteiger partial charge >= 0.3 is 5.97 Å². The molecule has 0 radical (unpaired) electrons. The number of carbonyl (C=O) groups excluding carboxylic acids is 1. The van der Waals surface area contributed by atoms with Gasteiger partial charge in [0.15, 0.2) is 0 Å². The number of carboxylic acid groups (broad SMARTS) is 1. The summed E-state index contributed by atoms with van der Waals surface area (Å²) >= 11 is 6.31. The second-order valence-corrected chi connectivity index (χ2v) is 9.78. The number of nitrogens with zero attached hydrogens (tertiary/aromatic N) is 3. The van der Waals surface area contributed by atoms with Gasteiger partial charge in [-0.1, -0.05) is 56.0 Å². The summed E-state index contributed by atoms with van der Waals surface area (Å²) in [5.41, 5.74) is 3.14. The fourth-order valence-electron chi connectivity index (χ4n) is 3.31. The molecule has 0 aliphatic carbocycles. The van der Waals surface area contributed by atoms with Crippen molar-refractivity contribution in [3.63, 3.8) is 0 Å². The summed E-state index contributed by atoms with van der Waals surface area (Å²) < 4.78 is 7.76. The number of thioether (sulfide) groups is 1. The van der Waals surface area contributed by atoms with Gasteiger partial charge in [-0.15, -0.1) is 0 Å². The maximum atomic E-state index is 12.8. The zero-order valence-electron chi connectivity index (χ0n) is 18.7. The number of aliphatic carboxylic acids is 1. The van der Waals surface area contributed by atoms with E-state index in [1.54, 1.807) is 10.8 Å². The van der Waals surface area contributed by atoms with Crippen molar-refractivity contribution in [2.45, 2.75) is 13.8 Å². The van der Waals surface area contributed by atoms with Gasteiger partial charge < -0.3 is 9.84 Å². The molecule has 174 valence electrons. The molecular weight excluding hydrogens is 470 g/mol. The second kappa shape index (κ2) is 10.2. The van der Waals surface area contributed by atoms with E-state index in [1.165, 1.54) is 0 Å². The highest BCUT2D eigenvalue weighted by atomic mass is 32.2. The summed E-state index contributed by atoms with van der Waals surface area (Å²) in [5.74, 6) is -0.341. The average Bonchev–Trinajstić information content (AvgIpc) is 3.35. The molecule has 1 aliphatic rings. The Labute approximate surface area is 207 Å². The van der Waals surface area contributed by atoms with Crippen LogP contribution >= 0.6 is 24.0 Å². The van der Waals surface area contributed by atoms with Crippen molar-refractivity contribution >= 4 is 46.3 Å². The smallest absolute Gasteiger partial charge is 0.323 e. The summed E-state index contributed by atoms with van der Waals surface area (Å²) in [7, 11) is 0. The van der Waals surface area contributed by atoms with E-state index in [-0.39, 0.29) is 4.32 Å². The van der Waals surface area contributed by atoms with E-state index in [9.17, 15) is 9.59 Å². The van der Waals surface area contributed by atoms with Crippen LogP contribution in [0.4, 0.5) is 0 Å². The molecule has 1 amide bonds. The molecular formula is C25H23N3O4S2. The van der Waals surface area contributed by atoms with Gasteiger partial charge in [0.05, 0.1) is 22.9 Å². The van der Waals surface area contributed by atoms with Crippen LogP contribution in [0.3, 0.4) is 0 Å². The molecule has 34 heavy (non-hydrogen) atoms. The van der Waals surface area contributed by atoms with Crippen LogP contribution in [-0.2, 0) is 9.59 Å². The number of hydrogen-bond acceptors (Lipinski definition) is 6. The number of para-hydroxylation sites is 1. The Hall–Kier alpha value is -3.43. The third kappa shape index (κ3) is 5.37. The first-order valence-electron chi connectivity index (χ1n) is 10.7. The highest BCUT2D eigenvalue weighted by molar-refractivity contribution is 8.26. The van der Waals surface area contributed by atoms with E-state index < -0.39 is 18.4 Å². The van der Waals surface area contributed by atoms with Crippen molar-refractivity contribution < 1.29 is 19.4 Å². The number of rotatable bonds is 8. The van der Waals surface area contributed by atoms with Crippen LogP contribution in [0.2, 0.25) is 0 Å². The standard InChI is InChI=1S/C25H23N3O4S2/c1-16(2)15-32-20-10-8-17(9-11-20)23-18(13-28(26-23)19-6-4-3-5-7-19)12-21-24(31)27(14-22(29)30)25(33)34-21/h3-13,16H,14-15H2,1-2H3,(H,29,30). The van der Waals surface area contributed by atoms with Crippen LogP contribution in [0.25, 0.3) is 23.0 Å². The van der Waals surface area contributed by atoms with Crippen LogP contribution in [0.15, 0.2) is 65.7 Å². The van der Waals surface area contributed by atoms with Gasteiger partial charge in [-0.25, -0.2) is 4.68 Å². The highest BCUT2D eigenvalue weighted by Crippen LogP contribution is 2.35. The molecule has 1 fully saturated rings. The first-order valence-corrected chi connectivity index (χ1v) is 11.9. The number of hydrogen-bond donors (Lipinski definition) is 1. The highest BCUT2D eigenvalue weighted by Gasteiger charge is 2.33. The normalized spacial score (nSPS) is 14.9. The Morgan fingerprint density at radius 2 is 1.88 bits per heavy atom. The molecule has 0 bridgehead atoms. The Morgan fingerprint density at radius 1 is 1.18 bits per heavy atom. The lowest BCUT2D eigenvalue weighted by molar-refractivity contribution is -0.140. The lowest BCUT2D eigenvalue weighted by atomic mass is 10.1. The van der Waals surface area contributed by atoms with Crippen LogP contribution < -0.4 is 4.74 Å². The first kappa shape index (κ1) is 23.7. The molecule has 7 nitrogen and oxygen atoms in total. The topological polar surface area (TPSA) is 84.7 Å². The fraction of sp³-hybridized carbons (Fsp3) is 0.200. The summed E-state index contributed by atoms with van der Waals surface area (Å²) in [6.45, 7) is 4.35. The van der Waals surface area contributed by atoms with Gasteiger partial charge in [0.2, 0.25) is 0 Å². The van der Waals surface area contributed by atoms with E-state index >= 15 is 0 Å². The van der Waals surface area contributed by atoms with Crippen molar-refractivity contribution in [1.82, 2.24) is 14.7 Å². The molecule has 2 heterocycles. The third-order valence-electron chi connectivity index (χ3n) is 4.93. The van der Waals surface area contributed by atoms with E-state index in [0.717, 1.165) is 39.2 Å². The molecule has 1 saturated heterocycles. The number of carboxylic acids is 1. The number of ether oxygens (including phenoxy) is 1. The van der Waals surface area contributed by atoms with E-state index in [2.05, 4.69) is 13.8 Å². The molecule has 0 atom stereocenters. The lowest BCUT2D eigenvalue weighted by Crippen LogP contribution is -2.33. The van der Waals surface area contributed by atoms with Crippen molar-refractivity contribution in [1.29, 1.82) is 0 Å². The van der Waals surface area contributed by atoms with Gasteiger partial charge in [0, 0.05) is 17.3 Å². The van der Waals surface area contributed by atoms with Crippen molar-refractivity contribution in [3.05, 3.63) is 71.3 Å². The number of aromatic nitrogens is 2. The molecule has 4 rings (SSSR count). The molecule has 0 unspecified atom stereocenters. The van der Waals surface area contributed by atoms with Crippen LogP contribution in [0.5, 0.6) is 5.75 Å². The van der Waals surface area contributed by atoms with Crippen molar-refractivity contribution in [2.24, 2.45) is 5.92 Å². The maximum Gasteiger partial charge on any atom is 0.323 e. The zero-order valence-corrected chi connectivity index (χ0v) is 20.3. The number of carbonyl (C=O) groups is 2. The predicted molar refractivity (Wildman–Crippen MR) is 137 cm³/mol. The lowest BCUT2D eigenvalue weighted by Gasteiger charge is -2.10. The monoisotopic (exact) mass is 493 g/mol. The molecule has 1 aliphatic heterocycles. The van der Waals surface area contributed by atoms with Gasteiger partial charge in [0.1, 0.15) is 16.6 Å². The fourth-order valence-corrected chi connectivity index (χ4v) is 4.56. The molecule has 2 aromatic carbocycles. The largest absolute Gasteiger partial charge is 0.493 e. The Balaban J connectivity index is 1.71. The molecule has 0 spiro atoms. The van der Waals surface area contributed by atoms with Gasteiger partial charge in [-0.3, -0.25) is 14.5 Å². The van der Waals surface area contributed by atoms with E-state index in [0.29, 0.717) is 23.1 Å². The Morgan fingerprint density at radius 3 is 2.53 bits per heavy atom. The van der Waals surface area contributed by atoms with Crippen molar-refractivity contribution in [3.8, 4) is 22.7 Å². The SMILES string of the molecule is CC(C)COc1ccc(-c2nn(-c3ccccc3)cc2C=C2SC(=S)N(CC(=O)O)C2=O)cc1. The van der Waals surface area contributed by atoms with E-state index in [4.69, 9.17) is 27.2 Å². The van der Waals surface area contributed by atoms with Gasteiger partial charge in [0.25, 0.3) is 5.91 Å². The maximum absolute atomic E-state index is 12.8. The minimum Gasteiger partial charge on any atom is -0.493 e. The summed E-state index contributed by atoms with van der Waals surface area (Å²) in [4.78, 5) is 25.4. The molecule has 1 aromatic heterocycles. The first-order chi connectivity index (χ1) is 16.3. The van der Waals surface area contributed by atoms with Crippen LogP contribution in [0.1, 0.15) is 19.4 Å². The van der Waals surface area contributed by atoms with Crippen LogP contribution in [0, 0.1) is 5.92 Å². The summed E-state index contributed by atoms with van der Waals surface area (Å²) in [5, 5.41) is 13.9. The Kier molecular flexibility index (Phi) is 7.14. The Bertz CT molecular complexity index is 1250. The minimum absolute atomic E-state index is 0.224. The molecule has 1 N–H and O–H groups in total. The quantitative estimate of drug-likeness (QED) is 0.354. The average molecular weight is 494 g/mol. The summed E-state index contributed by atoms with van der Waals surface area (Å²) in [6, 6.07) is 17.3.